The van der Waals surface area contributed by atoms with E-state index in [0.717, 1.165) is 5.75 Å². The minimum atomic E-state index is 0.233. The molecule has 1 heterocycles. The molecule has 0 aliphatic carbocycles. The van der Waals surface area contributed by atoms with E-state index in [-0.39, 0.29) is 12.0 Å². The number of aromatic nitrogens is 3. The van der Waals surface area contributed by atoms with Crippen LogP contribution >= 0.6 is 11.8 Å². The number of rotatable bonds is 5. The highest BCUT2D eigenvalue weighted by molar-refractivity contribution is 7.99. The fourth-order valence-electron chi connectivity index (χ4n) is 2.07. The lowest BCUT2D eigenvalue weighted by atomic mass is 10.2. The van der Waals surface area contributed by atoms with Crippen LogP contribution < -0.4 is 11.1 Å². The van der Waals surface area contributed by atoms with Crippen molar-refractivity contribution in [3.05, 3.63) is 35.2 Å². The summed E-state index contributed by atoms with van der Waals surface area (Å²) in [5, 5.41) is 3.26. The molecule has 2 rings (SSSR count). The Morgan fingerprint density at radius 2 is 1.76 bits per heavy atom. The van der Waals surface area contributed by atoms with E-state index in [1.165, 1.54) is 16.0 Å². The zero-order valence-electron chi connectivity index (χ0n) is 12.8. The summed E-state index contributed by atoms with van der Waals surface area (Å²) >= 11 is 1.82. The molecular formula is C15H21N5S. The highest BCUT2D eigenvalue weighted by atomic mass is 32.2. The summed E-state index contributed by atoms with van der Waals surface area (Å²) in [6.07, 6.45) is 0. The van der Waals surface area contributed by atoms with Gasteiger partial charge in [0.05, 0.1) is 0 Å². The Kier molecular flexibility index (Phi) is 5.01. The highest BCUT2D eigenvalue weighted by Crippen LogP contribution is 2.22. The number of hydrogen-bond donors (Lipinski definition) is 2. The number of thioether (sulfide) groups is 1. The fraction of sp³-hybridized carbons (Fsp3) is 0.400. The number of aryl methyl sites for hydroxylation is 3. The molecule has 0 bridgehead atoms. The van der Waals surface area contributed by atoms with Crippen LogP contribution in [0.15, 0.2) is 23.1 Å². The average molecular weight is 303 g/mol. The minimum Gasteiger partial charge on any atom is -0.368 e. The molecular weight excluding hydrogens is 282 g/mol. The quantitative estimate of drug-likeness (QED) is 0.827. The molecule has 2 aromatic rings. The molecule has 0 fully saturated rings. The summed E-state index contributed by atoms with van der Waals surface area (Å²) in [6, 6.07) is 6.82. The van der Waals surface area contributed by atoms with Crippen molar-refractivity contribution in [1.82, 2.24) is 15.0 Å². The van der Waals surface area contributed by atoms with Gasteiger partial charge in [0.15, 0.2) is 0 Å². The maximum Gasteiger partial charge on any atom is 0.227 e. The van der Waals surface area contributed by atoms with E-state index in [4.69, 9.17) is 5.73 Å². The van der Waals surface area contributed by atoms with Crippen LogP contribution in [0.1, 0.15) is 23.9 Å². The zero-order chi connectivity index (χ0) is 15.4. The van der Waals surface area contributed by atoms with Crippen LogP contribution in [0.3, 0.4) is 0 Å². The van der Waals surface area contributed by atoms with Gasteiger partial charge in [-0.05, 0) is 51.0 Å². The Labute approximate surface area is 129 Å². The molecule has 1 atom stereocenters. The summed E-state index contributed by atoms with van der Waals surface area (Å²) in [6.45, 7) is 8.15. The topological polar surface area (TPSA) is 76.7 Å². The maximum atomic E-state index is 5.63. The van der Waals surface area contributed by atoms with Crippen molar-refractivity contribution in [2.75, 3.05) is 16.8 Å². The fourth-order valence-corrected chi connectivity index (χ4v) is 3.13. The molecule has 6 heteroatoms. The number of nitrogens with one attached hydrogen (secondary N) is 1. The van der Waals surface area contributed by atoms with Gasteiger partial charge in [-0.2, -0.15) is 15.0 Å². The predicted molar refractivity (Wildman–Crippen MR) is 88.7 cm³/mol. The van der Waals surface area contributed by atoms with E-state index in [1.807, 2.05) is 11.8 Å². The van der Waals surface area contributed by atoms with Crippen LogP contribution in [0.5, 0.6) is 0 Å². The van der Waals surface area contributed by atoms with Gasteiger partial charge in [-0.15, -0.1) is 11.8 Å². The third-order valence-corrected chi connectivity index (χ3v) is 4.07. The van der Waals surface area contributed by atoms with Crippen LogP contribution in [0, 0.1) is 20.8 Å². The summed E-state index contributed by atoms with van der Waals surface area (Å²) in [4.78, 5) is 13.6. The lowest BCUT2D eigenvalue weighted by Crippen LogP contribution is -2.20. The molecule has 0 spiro atoms. The highest BCUT2D eigenvalue weighted by Gasteiger charge is 2.07. The SMILES string of the molecule is Cc1cc(C)cc(SCC(C)Nc2nc(C)nc(N)n2)c1. The molecule has 1 unspecified atom stereocenters. The van der Waals surface area contributed by atoms with Crippen LogP contribution in [0.4, 0.5) is 11.9 Å². The summed E-state index contributed by atoms with van der Waals surface area (Å²) in [7, 11) is 0. The van der Waals surface area contributed by atoms with Gasteiger partial charge in [-0.1, -0.05) is 6.07 Å². The summed E-state index contributed by atoms with van der Waals surface area (Å²) in [5.74, 6) is 2.33. The van der Waals surface area contributed by atoms with Crippen molar-refractivity contribution in [3.8, 4) is 0 Å². The average Bonchev–Trinajstić information content (AvgIpc) is 2.34. The third-order valence-electron chi connectivity index (χ3n) is 2.84. The predicted octanol–water partition coefficient (Wildman–Crippen LogP) is 2.97. The molecule has 0 radical (unpaired) electrons. The van der Waals surface area contributed by atoms with Gasteiger partial charge in [-0.3, -0.25) is 0 Å². The first-order valence-corrected chi connectivity index (χ1v) is 7.87. The lowest BCUT2D eigenvalue weighted by molar-refractivity contribution is 0.869. The molecule has 3 N–H and O–H groups in total. The van der Waals surface area contributed by atoms with Gasteiger partial charge >= 0.3 is 0 Å². The number of hydrogen-bond acceptors (Lipinski definition) is 6. The van der Waals surface area contributed by atoms with Crippen molar-refractivity contribution >= 4 is 23.7 Å². The van der Waals surface area contributed by atoms with Gasteiger partial charge in [-0.25, -0.2) is 0 Å². The maximum absolute atomic E-state index is 5.63. The molecule has 0 amide bonds. The molecule has 112 valence electrons. The van der Waals surface area contributed by atoms with Crippen molar-refractivity contribution in [2.24, 2.45) is 0 Å². The zero-order valence-corrected chi connectivity index (χ0v) is 13.7. The van der Waals surface area contributed by atoms with E-state index in [1.54, 1.807) is 6.92 Å². The van der Waals surface area contributed by atoms with Crippen molar-refractivity contribution in [1.29, 1.82) is 0 Å². The van der Waals surface area contributed by atoms with Gasteiger partial charge in [0.1, 0.15) is 5.82 Å². The second-order valence-electron chi connectivity index (χ2n) is 5.24. The number of anilines is 2. The summed E-state index contributed by atoms with van der Waals surface area (Å²) < 4.78 is 0. The van der Waals surface area contributed by atoms with Crippen LogP contribution in [-0.4, -0.2) is 26.7 Å². The molecule has 21 heavy (non-hydrogen) atoms. The number of nitrogens with two attached hydrogens (primary N) is 1. The van der Waals surface area contributed by atoms with Gasteiger partial charge in [0.25, 0.3) is 0 Å². The Bertz CT molecular complexity index is 589. The minimum absolute atomic E-state index is 0.233. The third kappa shape index (κ3) is 4.90. The first-order valence-electron chi connectivity index (χ1n) is 6.88. The Morgan fingerprint density at radius 1 is 1.10 bits per heavy atom. The number of benzene rings is 1. The van der Waals surface area contributed by atoms with Gasteiger partial charge in [0, 0.05) is 16.7 Å². The van der Waals surface area contributed by atoms with Crippen LogP contribution in [-0.2, 0) is 0 Å². The molecule has 1 aromatic carbocycles. The molecule has 0 aliphatic rings. The smallest absolute Gasteiger partial charge is 0.227 e. The molecule has 1 aromatic heterocycles. The molecule has 5 nitrogen and oxygen atoms in total. The second kappa shape index (κ2) is 6.76. The first kappa shape index (κ1) is 15.6. The standard InChI is InChI=1S/C15H21N5S/c1-9-5-10(2)7-13(6-9)21-8-11(3)17-15-19-12(4)18-14(16)20-15/h5-7,11H,8H2,1-4H3,(H3,16,17,18,19,20). The van der Waals surface area contributed by atoms with E-state index in [2.05, 4.69) is 59.2 Å². The van der Waals surface area contributed by atoms with Crippen LogP contribution in [0.25, 0.3) is 0 Å². The number of nitrogen functional groups attached to an aromatic ring is 1. The van der Waals surface area contributed by atoms with Gasteiger partial charge < -0.3 is 11.1 Å². The molecule has 0 saturated heterocycles. The van der Waals surface area contributed by atoms with E-state index in [9.17, 15) is 0 Å². The first-order chi connectivity index (χ1) is 9.92. The van der Waals surface area contributed by atoms with E-state index in [0.29, 0.717) is 11.8 Å². The van der Waals surface area contributed by atoms with Crippen molar-refractivity contribution in [3.63, 3.8) is 0 Å². The second-order valence-corrected chi connectivity index (χ2v) is 6.34. The largest absolute Gasteiger partial charge is 0.368 e. The summed E-state index contributed by atoms with van der Waals surface area (Å²) in [5.41, 5.74) is 8.21. The molecule has 0 saturated carbocycles. The van der Waals surface area contributed by atoms with Crippen molar-refractivity contribution < 1.29 is 0 Å². The Morgan fingerprint density at radius 3 is 2.38 bits per heavy atom. The Balaban J connectivity index is 1.93. The van der Waals surface area contributed by atoms with Crippen LogP contribution in [0.2, 0.25) is 0 Å². The monoisotopic (exact) mass is 303 g/mol. The Hall–Kier alpha value is -1.82. The van der Waals surface area contributed by atoms with Gasteiger partial charge in [0.2, 0.25) is 11.9 Å². The lowest BCUT2D eigenvalue weighted by Gasteiger charge is -2.14. The number of nitrogens with zero attached hydrogens (tertiary/aromatic N) is 3. The molecule has 0 aliphatic heterocycles. The van der Waals surface area contributed by atoms with E-state index < -0.39 is 0 Å². The van der Waals surface area contributed by atoms with Crippen molar-refractivity contribution in [2.45, 2.75) is 38.6 Å². The van der Waals surface area contributed by atoms with E-state index >= 15 is 0 Å². The normalized spacial score (nSPS) is 12.2.